The molecule has 1 rings (SSSR count). The third-order valence-electron chi connectivity index (χ3n) is 2.27. The predicted molar refractivity (Wildman–Crippen MR) is 63.9 cm³/mol. The molecule has 0 atom stereocenters. The van der Waals surface area contributed by atoms with E-state index < -0.39 is 7.12 Å². The normalized spacial score (nSPS) is 8.76. The van der Waals surface area contributed by atoms with E-state index in [0.717, 1.165) is 0 Å². The van der Waals surface area contributed by atoms with E-state index >= 15 is 0 Å². The summed E-state index contributed by atoms with van der Waals surface area (Å²) >= 11 is 0. The SMILES string of the molecule is Cc1c(NC=C(C#N)C#N)cccc1B(O)O. The number of nitriles is 2. The zero-order chi connectivity index (χ0) is 12.8. The first-order chi connectivity index (χ1) is 8.10. The maximum Gasteiger partial charge on any atom is 0.488 e. The van der Waals surface area contributed by atoms with Crippen LogP contribution in [0.3, 0.4) is 0 Å². The van der Waals surface area contributed by atoms with Gasteiger partial charge >= 0.3 is 7.12 Å². The number of nitrogens with one attached hydrogen (secondary N) is 1. The summed E-state index contributed by atoms with van der Waals surface area (Å²) in [4.78, 5) is 0. The Bertz CT molecular complexity index is 510. The van der Waals surface area contributed by atoms with Crippen molar-refractivity contribution in [1.29, 1.82) is 10.5 Å². The topological polar surface area (TPSA) is 100 Å². The van der Waals surface area contributed by atoms with Gasteiger partial charge in [0.1, 0.15) is 17.7 Å². The van der Waals surface area contributed by atoms with Gasteiger partial charge in [0.15, 0.2) is 0 Å². The molecule has 5 nitrogen and oxygen atoms in total. The van der Waals surface area contributed by atoms with Gasteiger partial charge in [0.2, 0.25) is 0 Å². The summed E-state index contributed by atoms with van der Waals surface area (Å²) in [5.41, 5.74) is 1.57. The number of hydrogen-bond donors (Lipinski definition) is 3. The number of nitrogens with zero attached hydrogens (tertiary/aromatic N) is 2. The zero-order valence-corrected chi connectivity index (χ0v) is 9.18. The minimum Gasteiger partial charge on any atom is -0.423 e. The molecule has 3 N–H and O–H groups in total. The van der Waals surface area contributed by atoms with Crippen molar-refractivity contribution in [3.05, 3.63) is 35.5 Å². The number of rotatable bonds is 3. The first kappa shape index (κ1) is 12.8. The van der Waals surface area contributed by atoms with Gasteiger partial charge in [0.05, 0.1) is 0 Å². The van der Waals surface area contributed by atoms with Gasteiger partial charge in [0.25, 0.3) is 0 Å². The molecular weight excluding hydrogens is 217 g/mol. The molecule has 0 heterocycles. The lowest BCUT2D eigenvalue weighted by Crippen LogP contribution is -2.32. The molecule has 84 valence electrons. The maximum absolute atomic E-state index is 9.11. The highest BCUT2D eigenvalue weighted by atomic mass is 16.4. The number of allylic oxidation sites excluding steroid dienone is 1. The van der Waals surface area contributed by atoms with Crippen LogP contribution in [0.4, 0.5) is 5.69 Å². The van der Waals surface area contributed by atoms with Crippen LogP contribution in [-0.4, -0.2) is 17.2 Å². The second-order valence-corrected chi connectivity index (χ2v) is 3.32. The summed E-state index contributed by atoms with van der Waals surface area (Å²) in [7, 11) is -1.55. The molecule has 0 saturated heterocycles. The number of hydrogen-bond acceptors (Lipinski definition) is 5. The summed E-state index contributed by atoms with van der Waals surface area (Å²) in [5.74, 6) is 0. The molecule has 0 aliphatic heterocycles. The summed E-state index contributed by atoms with van der Waals surface area (Å²) in [5, 5.41) is 38.1. The Labute approximate surface area is 99.4 Å². The monoisotopic (exact) mass is 227 g/mol. The minimum atomic E-state index is -1.55. The molecule has 0 bridgehead atoms. The van der Waals surface area contributed by atoms with E-state index in [1.807, 2.05) is 0 Å². The van der Waals surface area contributed by atoms with Gasteiger partial charge < -0.3 is 15.4 Å². The van der Waals surface area contributed by atoms with Crippen LogP contribution in [0.2, 0.25) is 0 Å². The molecule has 0 fully saturated rings. The summed E-state index contributed by atoms with van der Waals surface area (Å²) < 4.78 is 0. The predicted octanol–water partition coefficient (Wildman–Crippen LogP) is 0.0178. The molecule has 0 spiro atoms. The highest BCUT2D eigenvalue weighted by Gasteiger charge is 2.15. The smallest absolute Gasteiger partial charge is 0.423 e. The standard InChI is InChI=1S/C11H10BN3O2/c1-8-10(12(16)17)3-2-4-11(8)15-7-9(5-13)6-14/h2-4,7,15-17H,1H3. The van der Waals surface area contributed by atoms with Crippen molar-refractivity contribution < 1.29 is 10.0 Å². The lowest BCUT2D eigenvalue weighted by Gasteiger charge is -2.10. The second-order valence-electron chi connectivity index (χ2n) is 3.32. The Morgan fingerprint density at radius 2 is 2.00 bits per heavy atom. The van der Waals surface area contributed by atoms with Crippen molar-refractivity contribution >= 4 is 18.3 Å². The van der Waals surface area contributed by atoms with Crippen molar-refractivity contribution in [1.82, 2.24) is 0 Å². The highest BCUT2D eigenvalue weighted by Crippen LogP contribution is 2.12. The van der Waals surface area contributed by atoms with E-state index in [9.17, 15) is 0 Å². The average molecular weight is 227 g/mol. The maximum atomic E-state index is 9.11. The molecule has 0 radical (unpaired) electrons. The zero-order valence-electron chi connectivity index (χ0n) is 9.18. The Balaban J connectivity index is 3.02. The van der Waals surface area contributed by atoms with E-state index in [4.69, 9.17) is 20.6 Å². The molecule has 6 heteroatoms. The Kier molecular flexibility index (Phi) is 4.30. The fraction of sp³-hybridized carbons (Fsp3) is 0.0909. The molecule has 0 amide bonds. The van der Waals surface area contributed by atoms with Crippen molar-refractivity contribution in [3.8, 4) is 12.1 Å². The van der Waals surface area contributed by atoms with Crippen LogP contribution in [-0.2, 0) is 0 Å². The van der Waals surface area contributed by atoms with Crippen LogP contribution in [0.1, 0.15) is 5.56 Å². The largest absolute Gasteiger partial charge is 0.488 e. The van der Waals surface area contributed by atoms with Gasteiger partial charge in [-0.25, -0.2) is 0 Å². The van der Waals surface area contributed by atoms with Gasteiger partial charge in [-0.15, -0.1) is 0 Å². The van der Waals surface area contributed by atoms with Gasteiger partial charge in [-0.05, 0) is 24.0 Å². The molecular formula is C11H10BN3O2. The third-order valence-corrected chi connectivity index (χ3v) is 2.27. The van der Waals surface area contributed by atoms with Crippen LogP contribution in [0.5, 0.6) is 0 Å². The van der Waals surface area contributed by atoms with Crippen LogP contribution >= 0.6 is 0 Å². The highest BCUT2D eigenvalue weighted by molar-refractivity contribution is 6.59. The van der Waals surface area contributed by atoms with Crippen molar-refractivity contribution in [3.63, 3.8) is 0 Å². The Morgan fingerprint density at radius 1 is 1.35 bits per heavy atom. The minimum absolute atomic E-state index is 0.0562. The summed E-state index contributed by atoms with van der Waals surface area (Å²) in [6.07, 6.45) is 1.27. The molecule has 0 aliphatic carbocycles. The van der Waals surface area contributed by atoms with Crippen molar-refractivity contribution in [2.24, 2.45) is 0 Å². The van der Waals surface area contributed by atoms with Crippen molar-refractivity contribution in [2.45, 2.75) is 6.92 Å². The van der Waals surface area contributed by atoms with E-state index in [1.165, 1.54) is 6.20 Å². The van der Waals surface area contributed by atoms with E-state index in [0.29, 0.717) is 16.7 Å². The lowest BCUT2D eigenvalue weighted by molar-refractivity contribution is 0.425. The van der Waals surface area contributed by atoms with Crippen LogP contribution in [0.15, 0.2) is 30.0 Å². The van der Waals surface area contributed by atoms with Crippen LogP contribution in [0, 0.1) is 29.6 Å². The first-order valence-corrected chi connectivity index (χ1v) is 4.82. The molecule has 1 aromatic rings. The Hall–Kier alpha value is -2.28. The fourth-order valence-electron chi connectivity index (χ4n) is 1.33. The number of benzene rings is 1. The Morgan fingerprint density at radius 3 is 2.53 bits per heavy atom. The molecule has 1 aromatic carbocycles. The van der Waals surface area contributed by atoms with E-state index in [-0.39, 0.29) is 5.57 Å². The van der Waals surface area contributed by atoms with E-state index in [1.54, 1.807) is 37.3 Å². The van der Waals surface area contributed by atoms with Crippen molar-refractivity contribution in [2.75, 3.05) is 5.32 Å². The fourth-order valence-corrected chi connectivity index (χ4v) is 1.33. The van der Waals surface area contributed by atoms with Gasteiger partial charge in [-0.2, -0.15) is 10.5 Å². The molecule has 0 saturated carbocycles. The second kappa shape index (κ2) is 5.71. The quantitative estimate of drug-likeness (QED) is 0.499. The molecule has 17 heavy (non-hydrogen) atoms. The third kappa shape index (κ3) is 3.09. The van der Waals surface area contributed by atoms with Gasteiger partial charge in [-0.1, -0.05) is 12.1 Å². The average Bonchev–Trinajstić information content (AvgIpc) is 2.32. The molecule has 0 unspecified atom stereocenters. The number of anilines is 1. The van der Waals surface area contributed by atoms with Gasteiger partial charge in [-0.3, -0.25) is 0 Å². The summed E-state index contributed by atoms with van der Waals surface area (Å²) in [6.45, 7) is 1.71. The molecule has 0 aromatic heterocycles. The lowest BCUT2D eigenvalue weighted by atomic mass is 9.77. The first-order valence-electron chi connectivity index (χ1n) is 4.82. The molecule has 0 aliphatic rings. The summed E-state index contributed by atoms with van der Waals surface area (Å²) in [6, 6.07) is 8.38. The van der Waals surface area contributed by atoms with E-state index in [2.05, 4.69) is 5.32 Å². The van der Waals surface area contributed by atoms with Crippen LogP contribution in [0.25, 0.3) is 0 Å². The van der Waals surface area contributed by atoms with Crippen LogP contribution < -0.4 is 10.8 Å². The van der Waals surface area contributed by atoms with Gasteiger partial charge in [0, 0.05) is 11.9 Å².